The minimum atomic E-state index is -0.775. The molecule has 3 rings (SSSR count). The molecular formula is C25H31NO5. The predicted octanol–water partition coefficient (Wildman–Crippen LogP) is 5.12. The lowest BCUT2D eigenvalue weighted by Gasteiger charge is -2.24. The van der Waals surface area contributed by atoms with E-state index in [1.807, 2.05) is 19.1 Å². The van der Waals surface area contributed by atoms with E-state index >= 15 is 0 Å². The second-order valence-electron chi connectivity index (χ2n) is 8.96. The highest BCUT2D eigenvalue weighted by Gasteiger charge is 2.47. The van der Waals surface area contributed by atoms with Crippen molar-refractivity contribution in [2.75, 3.05) is 13.7 Å². The zero-order valence-electron chi connectivity index (χ0n) is 19.1. The van der Waals surface area contributed by atoms with Crippen LogP contribution in [0.3, 0.4) is 0 Å². The number of likely N-dealkylation sites (tertiary alicyclic amines) is 1. The third-order valence-electron chi connectivity index (χ3n) is 5.64. The van der Waals surface area contributed by atoms with Crippen LogP contribution in [0.4, 0.5) is 0 Å². The number of Topliss-reactive ketones (excluding diaryl/α,β-unsaturated/α-hetero) is 1. The number of hydrogen-bond acceptors (Lipinski definition) is 5. The molecule has 0 saturated carbocycles. The van der Waals surface area contributed by atoms with Gasteiger partial charge in [0, 0.05) is 6.54 Å². The number of carbonyl (C=O) groups is 2. The molecule has 0 radical (unpaired) electrons. The van der Waals surface area contributed by atoms with Crippen LogP contribution in [0.15, 0.2) is 40.3 Å². The molecule has 1 N–H and O–H groups in total. The van der Waals surface area contributed by atoms with E-state index in [2.05, 4.69) is 20.8 Å². The number of aliphatic hydroxyl groups is 1. The van der Waals surface area contributed by atoms with Crippen molar-refractivity contribution >= 4 is 17.4 Å². The van der Waals surface area contributed by atoms with E-state index in [1.54, 1.807) is 25.1 Å². The second kappa shape index (κ2) is 8.61. The standard InChI is InChI=1S/C25H31NO5/c1-7-8-13-26-21(19-11-9-15(2)31-19)20(23(28)24(26)29)22(27)17-14-16(25(3,4)5)10-12-18(17)30-6/h9-12,14,21,27H,7-8,13H2,1-6H3/b22-20+. The zero-order valence-corrected chi connectivity index (χ0v) is 19.1. The lowest BCUT2D eigenvalue weighted by molar-refractivity contribution is -0.140. The Kier molecular flexibility index (Phi) is 6.30. The highest BCUT2D eigenvalue weighted by molar-refractivity contribution is 6.46. The van der Waals surface area contributed by atoms with Gasteiger partial charge < -0.3 is 19.2 Å². The van der Waals surface area contributed by atoms with Crippen molar-refractivity contribution in [2.45, 2.75) is 58.9 Å². The van der Waals surface area contributed by atoms with Crippen molar-refractivity contribution in [3.05, 3.63) is 58.6 Å². The number of benzene rings is 1. The first kappa shape index (κ1) is 22.7. The fourth-order valence-electron chi connectivity index (χ4n) is 3.84. The van der Waals surface area contributed by atoms with Gasteiger partial charge in [-0.05, 0) is 48.6 Å². The molecule has 1 aromatic heterocycles. The topological polar surface area (TPSA) is 80.0 Å². The van der Waals surface area contributed by atoms with Gasteiger partial charge in [-0.1, -0.05) is 40.2 Å². The normalized spacial score (nSPS) is 18.6. The minimum Gasteiger partial charge on any atom is -0.507 e. The van der Waals surface area contributed by atoms with E-state index in [1.165, 1.54) is 12.0 Å². The van der Waals surface area contributed by atoms with Crippen LogP contribution in [-0.2, 0) is 15.0 Å². The van der Waals surface area contributed by atoms with Gasteiger partial charge in [-0.3, -0.25) is 9.59 Å². The van der Waals surface area contributed by atoms with Crippen LogP contribution in [0.1, 0.15) is 69.2 Å². The van der Waals surface area contributed by atoms with Crippen LogP contribution in [0.5, 0.6) is 5.75 Å². The number of nitrogens with zero attached hydrogens (tertiary/aromatic N) is 1. The third kappa shape index (κ3) is 4.24. The molecule has 0 spiro atoms. The molecule has 1 fully saturated rings. The fraction of sp³-hybridized carbons (Fsp3) is 0.440. The Balaban J connectivity index is 2.24. The van der Waals surface area contributed by atoms with Gasteiger partial charge in [-0.25, -0.2) is 0 Å². The second-order valence-corrected chi connectivity index (χ2v) is 8.96. The highest BCUT2D eigenvalue weighted by Crippen LogP contribution is 2.42. The Bertz CT molecular complexity index is 1020. The van der Waals surface area contributed by atoms with E-state index in [-0.39, 0.29) is 16.7 Å². The molecule has 1 amide bonds. The molecule has 2 heterocycles. The molecular weight excluding hydrogens is 394 g/mol. The lowest BCUT2D eigenvalue weighted by Crippen LogP contribution is -2.30. The fourth-order valence-corrected chi connectivity index (χ4v) is 3.84. The number of unbranched alkanes of at least 4 members (excludes halogenated alkanes) is 1. The van der Waals surface area contributed by atoms with E-state index in [0.29, 0.717) is 29.4 Å². The van der Waals surface area contributed by atoms with Crippen molar-refractivity contribution < 1.29 is 23.8 Å². The molecule has 31 heavy (non-hydrogen) atoms. The van der Waals surface area contributed by atoms with Gasteiger partial charge in [-0.15, -0.1) is 0 Å². The largest absolute Gasteiger partial charge is 0.507 e. The average Bonchev–Trinajstić information content (AvgIpc) is 3.26. The minimum absolute atomic E-state index is 0.0276. The molecule has 6 heteroatoms. The summed E-state index contributed by atoms with van der Waals surface area (Å²) < 4.78 is 11.3. The molecule has 6 nitrogen and oxygen atoms in total. The first-order chi connectivity index (χ1) is 14.6. The number of carbonyl (C=O) groups excluding carboxylic acids is 2. The van der Waals surface area contributed by atoms with Gasteiger partial charge in [0.25, 0.3) is 11.7 Å². The lowest BCUT2D eigenvalue weighted by atomic mass is 9.85. The molecule has 166 valence electrons. The number of rotatable bonds is 6. The summed E-state index contributed by atoms with van der Waals surface area (Å²) in [6.45, 7) is 10.4. The van der Waals surface area contributed by atoms with E-state index in [4.69, 9.17) is 9.15 Å². The number of aryl methyl sites for hydroxylation is 1. The van der Waals surface area contributed by atoms with Crippen molar-refractivity contribution in [1.82, 2.24) is 4.90 Å². The number of methoxy groups -OCH3 is 1. The number of aliphatic hydroxyl groups excluding tert-OH is 1. The number of hydrogen-bond donors (Lipinski definition) is 1. The van der Waals surface area contributed by atoms with Gasteiger partial charge in [0.1, 0.15) is 29.1 Å². The maximum atomic E-state index is 13.1. The molecule has 1 atom stereocenters. The highest BCUT2D eigenvalue weighted by atomic mass is 16.5. The van der Waals surface area contributed by atoms with E-state index < -0.39 is 17.7 Å². The molecule has 1 saturated heterocycles. The van der Waals surface area contributed by atoms with Crippen LogP contribution in [-0.4, -0.2) is 35.4 Å². The number of furan rings is 1. The Hall–Kier alpha value is -3.02. The van der Waals surface area contributed by atoms with Crippen molar-refractivity contribution in [3.63, 3.8) is 0 Å². The smallest absolute Gasteiger partial charge is 0.295 e. The number of amides is 1. The summed E-state index contributed by atoms with van der Waals surface area (Å²) in [5, 5.41) is 11.4. The molecule has 1 aliphatic heterocycles. The van der Waals surface area contributed by atoms with Gasteiger partial charge in [0.05, 0.1) is 18.2 Å². The summed E-state index contributed by atoms with van der Waals surface area (Å²) in [4.78, 5) is 27.5. The molecule has 0 bridgehead atoms. The summed E-state index contributed by atoms with van der Waals surface area (Å²) >= 11 is 0. The molecule has 2 aromatic rings. The van der Waals surface area contributed by atoms with Crippen molar-refractivity contribution in [3.8, 4) is 5.75 Å². The Morgan fingerprint density at radius 1 is 1.19 bits per heavy atom. The summed E-state index contributed by atoms with van der Waals surface area (Å²) in [6, 6.07) is 8.29. The zero-order chi connectivity index (χ0) is 22.9. The SMILES string of the molecule is CCCCN1C(=O)C(=O)/C(=C(/O)c2cc(C(C)(C)C)ccc2OC)C1c1ccc(C)o1. The summed E-state index contributed by atoms with van der Waals surface area (Å²) in [6.07, 6.45) is 1.61. The van der Waals surface area contributed by atoms with Crippen LogP contribution in [0, 0.1) is 6.92 Å². The van der Waals surface area contributed by atoms with Gasteiger partial charge in [-0.2, -0.15) is 0 Å². The van der Waals surface area contributed by atoms with Crippen LogP contribution in [0.25, 0.3) is 5.76 Å². The number of ether oxygens (including phenoxy) is 1. The monoisotopic (exact) mass is 425 g/mol. The van der Waals surface area contributed by atoms with Crippen LogP contribution >= 0.6 is 0 Å². The van der Waals surface area contributed by atoms with Gasteiger partial charge in [0.15, 0.2) is 0 Å². The first-order valence-corrected chi connectivity index (χ1v) is 10.6. The maximum Gasteiger partial charge on any atom is 0.295 e. The molecule has 1 aromatic carbocycles. The van der Waals surface area contributed by atoms with Gasteiger partial charge >= 0.3 is 0 Å². The van der Waals surface area contributed by atoms with E-state index in [9.17, 15) is 14.7 Å². The predicted molar refractivity (Wildman–Crippen MR) is 119 cm³/mol. The average molecular weight is 426 g/mol. The Labute approximate surface area is 183 Å². The molecule has 1 aliphatic rings. The molecule has 1 unspecified atom stereocenters. The quantitative estimate of drug-likeness (QED) is 0.395. The third-order valence-corrected chi connectivity index (χ3v) is 5.64. The summed E-state index contributed by atoms with van der Waals surface area (Å²) in [5.74, 6) is -0.0291. The first-order valence-electron chi connectivity index (χ1n) is 10.6. The van der Waals surface area contributed by atoms with Crippen molar-refractivity contribution in [1.29, 1.82) is 0 Å². The molecule has 0 aliphatic carbocycles. The van der Waals surface area contributed by atoms with Crippen molar-refractivity contribution in [2.24, 2.45) is 0 Å². The Morgan fingerprint density at radius 3 is 2.45 bits per heavy atom. The van der Waals surface area contributed by atoms with Crippen LogP contribution < -0.4 is 4.74 Å². The Morgan fingerprint density at radius 2 is 1.90 bits per heavy atom. The maximum absolute atomic E-state index is 13.1. The summed E-state index contributed by atoms with van der Waals surface area (Å²) in [7, 11) is 1.51. The number of ketones is 1. The summed E-state index contributed by atoms with van der Waals surface area (Å²) in [5.41, 5.74) is 1.21. The van der Waals surface area contributed by atoms with Crippen LogP contribution in [0.2, 0.25) is 0 Å². The van der Waals surface area contributed by atoms with E-state index in [0.717, 1.165) is 18.4 Å². The van der Waals surface area contributed by atoms with Gasteiger partial charge in [0.2, 0.25) is 0 Å².